The molecule has 2 aromatic carbocycles. The van der Waals surface area contributed by atoms with E-state index in [1.165, 1.54) is 57.8 Å². The number of hydrogen-bond acceptors (Lipinski definition) is 4. The van der Waals surface area contributed by atoms with E-state index >= 15 is 0 Å². The number of ether oxygens (including phenoxy) is 1. The summed E-state index contributed by atoms with van der Waals surface area (Å²) in [7, 11) is 0. The Balaban J connectivity index is 1.54. The number of phenols is 1. The third-order valence-electron chi connectivity index (χ3n) is 4.73. The van der Waals surface area contributed by atoms with Crippen LogP contribution in [0.25, 0.3) is 0 Å². The summed E-state index contributed by atoms with van der Waals surface area (Å²) in [6.45, 7) is 3.03. The molecule has 0 unspecified atom stereocenters. The van der Waals surface area contributed by atoms with Crippen molar-refractivity contribution in [3.05, 3.63) is 48.5 Å². The fraction of sp³-hybridized carbons (Fsp3) is 0.500. The number of benzene rings is 2. The number of hydrogen-bond donors (Lipinski definition) is 1. The van der Waals surface area contributed by atoms with Crippen LogP contribution in [-0.2, 0) is 0 Å². The molecule has 0 aliphatic carbocycles. The Morgan fingerprint density at radius 2 is 1.11 bits per heavy atom. The highest BCUT2D eigenvalue weighted by Gasteiger charge is 1.97. The maximum absolute atomic E-state index is 9.27. The Hall–Kier alpha value is -2.36. The molecule has 2 rings (SSSR count). The molecule has 0 bridgehead atoms. The van der Waals surface area contributed by atoms with Gasteiger partial charge in [-0.2, -0.15) is 10.2 Å². The number of nitrogens with zero attached hydrogens (tertiary/aromatic N) is 2. The molecule has 0 fully saturated rings. The molecule has 0 aromatic heterocycles. The zero-order valence-corrected chi connectivity index (χ0v) is 17.1. The molecular weight excluding hydrogens is 348 g/mol. The van der Waals surface area contributed by atoms with Gasteiger partial charge in [-0.05, 0) is 55.0 Å². The van der Waals surface area contributed by atoms with E-state index in [0.717, 1.165) is 24.5 Å². The Kier molecular flexibility index (Phi) is 10.8. The second-order valence-electron chi connectivity index (χ2n) is 7.24. The highest BCUT2D eigenvalue weighted by Crippen LogP contribution is 2.22. The van der Waals surface area contributed by atoms with Gasteiger partial charge in [0.2, 0.25) is 0 Å². The van der Waals surface area contributed by atoms with Gasteiger partial charge in [-0.25, -0.2) is 0 Å². The van der Waals surface area contributed by atoms with Gasteiger partial charge in [0.15, 0.2) is 0 Å². The zero-order chi connectivity index (χ0) is 19.9. The summed E-state index contributed by atoms with van der Waals surface area (Å²) in [5, 5.41) is 17.6. The lowest BCUT2D eigenvalue weighted by molar-refractivity contribution is 0.304. The quantitative estimate of drug-likeness (QED) is 0.265. The molecule has 0 atom stereocenters. The van der Waals surface area contributed by atoms with Crippen molar-refractivity contribution >= 4 is 11.4 Å². The normalized spacial score (nSPS) is 11.2. The molecule has 2 aromatic rings. The molecule has 0 spiro atoms. The topological polar surface area (TPSA) is 54.2 Å². The molecule has 0 aliphatic heterocycles. The van der Waals surface area contributed by atoms with E-state index in [9.17, 15) is 5.11 Å². The molecule has 0 radical (unpaired) electrons. The first-order valence-electron chi connectivity index (χ1n) is 10.7. The number of phenolic OH excluding ortho intramolecular Hbond substituents is 1. The van der Waals surface area contributed by atoms with E-state index in [0.29, 0.717) is 5.69 Å². The Labute approximate surface area is 169 Å². The van der Waals surface area contributed by atoms with Gasteiger partial charge in [0.05, 0.1) is 18.0 Å². The van der Waals surface area contributed by atoms with Gasteiger partial charge in [0.1, 0.15) is 11.5 Å². The van der Waals surface area contributed by atoms with Crippen LogP contribution in [0.2, 0.25) is 0 Å². The summed E-state index contributed by atoms with van der Waals surface area (Å²) < 4.78 is 5.81. The fourth-order valence-corrected chi connectivity index (χ4v) is 3.02. The van der Waals surface area contributed by atoms with Crippen LogP contribution in [0.1, 0.15) is 71.1 Å². The minimum absolute atomic E-state index is 0.225. The third-order valence-corrected chi connectivity index (χ3v) is 4.73. The van der Waals surface area contributed by atoms with Crippen LogP contribution in [0.5, 0.6) is 11.5 Å². The van der Waals surface area contributed by atoms with Crippen molar-refractivity contribution < 1.29 is 9.84 Å². The highest BCUT2D eigenvalue weighted by molar-refractivity contribution is 5.43. The first-order chi connectivity index (χ1) is 13.8. The van der Waals surface area contributed by atoms with Gasteiger partial charge in [-0.3, -0.25) is 0 Å². The number of azo groups is 1. The lowest BCUT2D eigenvalue weighted by atomic mass is 10.1. The second-order valence-corrected chi connectivity index (χ2v) is 7.24. The number of rotatable bonds is 14. The van der Waals surface area contributed by atoms with E-state index in [1.54, 1.807) is 24.3 Å². The minimum Gasteiger partial charge on any atom is -0.508 e. The fourth-order valence-electron chi connectivity index (χ4n) is 3.02. The maximum atomic E-state index is 9.27. The lowest BCUT2D eigenvalue weighted by Gasteiger charge is -2.06. The second kappa shape index (κ2) is 13.8. The summed E-state index contributed by atoms with van der Waals surface area (Å²) in [4.78, 5) is 0. The van der Waals surface area contributed by atoms with Crippen LogP contribution in [0.15, 0.2) is 58.8 Å². The van der Waals surface area contributed by atoms with Crippen LogP contribution in [-0.4, -0.2) is 11.7 Å². The molecule has 0 heterocycles. The molecule has 4 nitrogen and oxygen atoms in total. The average molecular weight is 383 g/mol. The number of aromatic hydroxyl groups is 1. The molecule has 0 aliphatic rings. The van der Waals surface area contributed by atoms with Crippen LogP contribution in [0.3, 0.4) is 0 Å². The standard InChI is InChI=1S/C24H34N2O2/c1-2-3-4-5-6-7-8-9-10-11-20-28-24-18-14-22(15-19-24)26-25-21-12-16-23(27)17-13-21/h12-19,27H,2-11,20H2,1H3. The highest BCUT2D eigenvalue weighted by atomic mass is 16.5. The Bertz CT molecular complexity index is 666. The summed E-state index contributed by atoms with van der Waals surface area (Å²) in [6.07, 6.45) is 13.3. The van der Waals surface area contributed by atoms with Gasteiger partial charge in [-0.15, -0.1) is 0 Å². The molecule has 0 saturated heterocycles. The summed E-state index contributed by atoms with van der Waals surface area (Å²) in [5.74, 6) is 1.10. The van der Waals surface area contributed by atoms with E-state index in [1.807, 2.05) is 24.3 Å². The summed E-state index contributed by atoms with van der Waals surface area (Å²) in [5.41, 5.74) is 1.48. The van der Waals surface area contributed by atoms with Crippen molar-refractivity contribution in [3.63, 3.8) is 0 Å². The Morgan fingerprint density at radius 3 is 1.64 bits per heavy atom. The SMILES string of the molecule is CCCCCCCCCCCCOc1ccc(N=Nc2ccc(O)cc2)cc1. The van der Waals surface area contributed by atoms with Crippen molar-refractivity contribution in [1.29, 1.82) is 0 Å². The monoisotopic (exact) mass is 382 g/mol. The number of unbranched alkanes of at least 4 members (excludes halogenated alkanes) is 9. The van der Waals surface area contributed by atoms with E-state index in [-0.39, 0.29) is 5.75 Å². The molecule has 1 N–H and O–H groups in total. The summed E-state index contributed by atoms with van der Waals surface area (Å²) in [6, 6.07) is 14.3. The summed E-state index contributed by atoms with van der Waals surface area (Å²) >= 11 is 0. The molecule has 0 saturated carbocycles. The first kappa shape index (κ1) is 21.9. The molecular formula is C24H34N2O2. The minimum atomic E-state index is 0.225. The molecule has 152 valence electrons. The first-order valence-corrected chi connectivity index (χ1v) is 10.7. The van der Waals surface area contributed by atoms with Crippen LogP contribution < -0.4 is 4.74 Å². The van der Waals surface area contributed by atoms with Gasteiger partial charge in [0.25, 0.3) is 0 Å². The van der Waals surface area contributed by atoms with Crippen LogP contribution >= 0.6 is 0 Å². The van der Waals surface area contributed by atoms with Gasteiger partial charge in [0, 0.05) is 0 Å². The van der Waals surface area contributed by atoms with E-state index < -0.39 is 0 Å². The van der Waals surface area contributed by atoms with Crippen LogP contribution in [0, 0.1) is 0 Å². The zero-order valence-electron chi connectivity index (χ0n) is 17.1. The van der Waals surface area contributed by atoms with Crippen molar-refractivity contribution in [3.8, 4) is 11.5 Å². The lowest BCUT2D eigenvalue weighted by Crippen LogP contribution is -1.96. The van der Waals surface area contributed by atoms with Gasteiger partial charge < -0.3 is 9.84 Å². The van der Waals surface area contributed by atoms with E-state index in [4.69, 9.17) is 4.74 Å². The predicted molar refractivity (Wildman–Crippen MR) is 116 cm³/mol. The van der Waals surface area contributed by atoms with Crippen molar-refractivity contribution in [1.82, 2.24) is 0 Å². The average Bonchev–Trinajstić information content (AvgIpc) is 2.72. The predicted octanol–water partition coefficient (Wildman–Crippen LogP) is 8.11. The molecule has 28 heavy (non-hydrogen) atoms. The molecule has 0 amide bonds. The van der Waals surface area contributed by atoms with Gasteiger partial charge in [-0.1, -0.05) is 64.7 Å². The molecule has 4 heteroatoms. The van der Waals surface area contributed by atoms with Crippen LogP contribution in [0.4, 0.5) is 11.4 Å². The smallest absolute Gasteiger partial charge is 0.119 e. The van der Waals surface area contributed by atoms with E-state index in [2.05, 4.69) is 17.2 Å². The largest absolute Gasteiger partial charge is 0.508 e. The van der Waals surface area contributed by atoms with Crippen molar-refractivity contribution in [2.24, 2.45) is 10.2 Å². The van der Waals surface area contributed by atoms with Crippen molar-refractivity contribution in [2.45, 2.75) is 71.1 Å². The third kappa shape index (κ3) is 9.54. The Morgan fingerprint density at radius 1 is 0.643 bits per heavy atom. The van der Waals surface area contributed by atoms with Gasteiger partial charge >= 0.3 is 0 Å². The van der Waals surface area contributed by atoms with Crippen molar-refractivity contribution in [2.75, 3.05) is 6.61 Å². The maximum Gasteiger partial charge on any atom is 0.119 e.